The number of unbranched alkanes of at least 4 members (excludes halogenated alkanes) is 2. The standard InChI is InChI=1S/C17H21ClN4O/c1-2-3-6-9-19-16-10-15(21-12-22-16)17(23)20-11-13-7-4-5-8-14(13)18/h4-5,7-8,10,12H,2-3,6,9,11H2,1H3,(H,20,23)(H,19,21,22). The lowest BCUT2D eigenvalue weighted by molar-refractivity contribution is 0.0946. The minimum absolute atomic E-state index is 0.246. The highest BCUT2D eigenvalue weighted by Crippen LogP contribution is 2.14. The van der Waals surface area contributed by atoms with Gasteiger partial charge in [0.05, 0.1) is 0 Å². The molecule has 2 aromatic rings. The summed E-state index contributed by atoms with van der Waals surface area (Å²) in [7, 11) is 0. The molecule has 0 radical (unpaired) electrons. The summed E-state index contributed by atoms with van der Waals surface area (Å²) in [5, 5.41) is 6.66. The van der Waals surface area contributed by atoms with Crippen LogP contribution >= 0.6 is 11.6 Å². The fourth-order valence-corrected chi connectivity index (χ4v) is 2.28. The molecule has 23 heavy (non-hydrogen) atoms. The Morgan fingerprint density at radius 3 is 2.83 bits per heavy atom. The van der Waals surface area contributed by atoms with Crippen molar-refractivity contribution in [1.82, 2.24) is 15.3 Å². The summed E-state index contributed by atoms with van der Waals surface area (Å²) < 4.78 is 0. The average molecular weight is 333 g/mol. The van der Waals surface area contributed by atoms with E-state index in [1.54, 1.807) is 12.1 Å². The van der Waals surface area contributed by atoms with Crippen LogP contribution in [0.2, 0.25) is 5.02 Å². The van der Waals surface area contributed by atoms with E-state index in [4.69, 9.17) is 11.6 Å². The number of carbonyl (C=O) groups is 1. The van der Waals surface area contributed by atoms with Crippen molar-refractivity contribution in [3.05, 3.63) is 52.9 Å². The molecule has 0 saturated heterocycles. The molecule has 2 N–H and O–H groups in total. The minimum Gasteiger partial charge on any atom is -0.370 e. The Hall–Kier alpha value is -2.14. The lowest BCUT2D eigenvalue weighted by Gasteiger charge is -2.08. The normalized spacial score (nSPS) is 10.3. The smallest absolute Gasteiger partial charge is 0.270 e. The van der Waals surface area contributed by atoms with Gasteiger partial charge in [-0.1, -0.05) is 49.6 Å². The molecule has 1 aromatic heterocycles. The van der Waals surface area contributed by atoms with Crippen molar-refractivity contribution in [3.8, 4) is 0 Å². The molecule has 1 heterocycles. The Labute approximate surface area is 141 Å². The van der Waals surface area contributed by atoms with Crippen LogP contribution in [0.25, 0.3) is 0 Å². The molecular weight excluding hydrogens is 312 g/mol. The number of hydrogen-bond acceptors (Lipinski definition) is 4. The first-order valence-corrected chi connectivity index (χ1v) is 8.16. The van der Waals surface area contributed by atoms with Gasteiger partial charge < -0.3 is 10.6 Å². The van der Waals surface area contributed by atoms with E-state index in [1.807, 2.05) is 18.2 Å². The highest BCUT2D eigenvalue weighted by molar-refractivity contribution is 6.31. The lowest BCUT2D eigenvalue weighted by atomic mass is 10.2. The molecule has 0 saturated carbocycles. The van der Waals surface area contributed by atoms with Crippen LogP contribution in [0.15, 0.2) is 36.7 Å². The number of hydrogen-bond donors (Lipinski definition) is 2. The zero-order valence-electron chi connectivity index (χ0n) is 13.2. The van der Waals surface area contributed by atoms with Gasteiger partial charge in [0.15, 0.2) is 0 Å². The molecule has 0 fully saturated rings. The third-order valence-corrected chi connectivity index (χ3v) is 3.75. The van der Waals surface area contributed by atoms with E-state index in [2.05, 4.69) is 27.5 Å². The van der Waals surface area contributed by atoms with Crippen LogP contribution in [0.4, 0.5) is 5.82 Å². The maximum atomic E-state index is 12.2. The van der Waals surface area contributed by atoms with Crippen molar-refractivity contribution in [2.75, 3.05) is 11.9 Å². The second kappa shape index (κ2) is 9.10. The second-order valence-corrected chi connectivity index (χ2v) is 5.60. The fourth-order valence-electron chi connectivity index (χ4n) is 2.08. The fraction of sp³-hybridized carbons (Fsp3) is 0.353. The van der Waals surface area contributed by atoms with Gasteiger partial charge in [0, 0.05) is 24.2 Å². The second-order valence-electron chi connectivity index (χ2n) is 5.20. The van der Waals surface area contributed by atoms with Crippen LogP contribution in [0.1, 0.15) is 42.2 Å². The van der Waals surface area contributed by atoms with Gasteiger partial charge in [-0.2, -0.15) is 0 Å². The van der Waals surface area contributed by atoms with Gasteiger partial charge in [0.2, 0.25) is 0 Å². The maximum absolute atomic E-state index is 12.2. The Balaban J connectivity index is 1.90. The van der Waals surface area contributed by atoms with Gasteiger partial charge in [-0.15, -0.1) is 0 Å². The maximum Gasteiger partial charge on any atom is 0.270 e. The number of nitrogens with zero attached hydrogens (tertiary/aromatic N) is 2. The van der Waals surface area contributed by atoms with Crippen molar-refractivity contribution in [3.63, 3.8) is 0 Å². The zero-order valence-corrected chi connectivity index (χ0v) is 13.9. The van der Waals surface area contributed by atoms with E-state index in [-0.39, 0.29) is 5.91 Å². The van der Waals surface area contributed by atoms with Crippen LogP contribution in [0.3, 0.4) is 0 Å². The largest absolute Gasteiger partial charge is 0.370 e. The molecular formula is C17H21ClN4O. The van der Waals surface area contributed by atoms with Crippen molar-refractivity contribution in [1.29, 1.82) is 0 Å². The zero-order chi connectivity index (χ0) is 16.5. The van der Waals surface area contributed by atoms with Gasteiger partial charge in [0.1, 0.15) is 17.8 Å². The summed E-state index contributed by atoms with van der Waals surface area (Å²) in [5.41, 5.74) is 1.21. The van der Waals surface area contributed by atoms with Crippen LogP contribution < -0.4 is 10.6 Å². The Morgan fingerprint density at radius 1 is 1.22 bits per heavy atom. The first-order valence-electron chi connectivity index (χ1n) is 7.78. The van der Waals surface area contributed by atoms with Crippen LogP contribution in [0.5, 0.6) is 0 Å². The Morgan fingerprint density at radius 2 is 2.04 bits per heavy atom. The summed E-state index contributed by atoms with van der Waals surface area (Å²) in [5.74, 6) is 0.419. The molecule has 0 aliphatic carbocycles. The monoisotopic (exact) mass is 332 g/mol. The van der Waals surface area contributed by atoms with E-state index in [0.29, 0.717) is 23.1 Å². The number of amides is 1. The summed E-state index contributed by atoms with van der Waals surface area (Å²) >= 11 is 6.07. The van der Waals surface area contributed by atoms with Crippen LogP contribution in [-0.4, -0.2) is 22.4 Å². The highest BCUT2D eigenvalue weighted by Gasteiger charge is 2.09. The van der Waals surface area contributed by atoms with Gasteiger partial charge in [-0.3, -0.25) is 4.79 Å². The molecule has 0 unspecified atom stereocenters. The third kappa shape index (κ3) is 5.53. The highest BCUT2D eigenvalue weighted by atomic mass is 35.5. The molecule has 1 aromatic carbocycles. The van der Waals surface area contributed by atoms with Crippen LogP contribution in [0, 0.1) is 0 Å². The van der Waals surface area contributed by atoms with E-state index in [9.17, 15) is 4.79 Å². The van der Waals surface area contributed by atoms with E-state index in [1.165, 1.54) is 19.2 Å². The molecule has 1 amide bonds. The molecule has 2 rings (SSSR count). The molecule has 6 heteroatoms. The number of carbonyl (C=O) groups excluding carboxylic acids is 1. The van der Waals surface area contributed by atoms with Crippen molar-refractivity contribution in [2.24, 2.45) is 0 Å². The quantitative estimate of drug-likeness (QED) is 0.724. The first-order chi connectivity index (χ1) is 11.2. The topological polar surface area (TPSA) is 66.9 Å². The Kier molecular flexibility index (Phi) is 6.81. The SMILES string of the molecule is CCCCCNc1cc(C(=O)NCc2ccccc2Cl)ncn1. The predicted octanol–water partition coefficient (Wildman–Crippen LogP) is 3.66. The molecule has 0 aliphatic heterocycles. The number of nitrogens with one attached hydrogen (secondary N) is 2. The van der Waals surface area contributed by atoms with Gasteiger partial charge >= 0.3 is 0 Å². The van der Waals surface area contributed by atoms with E-state index < -0.39 is 0 Å². The number of anilines is 1. The molecule has 0 aliphatic rings. The van der Waals surface area contributed by atoms with E-state index in [0.717, 1.165) is 18.5 Å². The molecule has 5 nitrogen and oxygen atoms in total. The van der Waals surface area contributed by atoms with E-state index >= 15 is 0 Å². The molecule has 122 valence electrons. The molecule has 0 atom stereocenters. The van der Waals surface area contributed by atoms with Gasteiger partial charge in [-0.05, 0) is 18.1 Å². The number of benzene rings is 1. The number of halogens is 1. The summed E-state index contributed by atoms with van der Waals surface area (Å²) in [6.45, 7) is 3.36. The van der Waals surface area contributed by atoms with Crippen molar-refractivity contribution < 1.29 is 4.79 Å². The average Bonchev–Trinajstić information content (AvgIpc) is 2.58. The summed E-state index contributed by atoms with van der Waals surface area (Å²) in [6.07, 6.45) is 4.81. The molecule has 0 spiro atoms. The molecule has 0 bridgehead atoms. The predicted molar refractivity (Wildman–Crippen MR) is 92.7 cm³/mol. The third-order valence-electron chi connectivity index (χ3n) is 3.38. The van der Waals surface area contributed by atoms with Crippen LogP contribution in [-0.2, 0) is 6.54 Å². The summed E-state index contributed by atoms with van der Waals surface area (Å²) in [4.78, 5) is 20.3. The Bertz CT molecular complexity index is 648. The number of rotatable bonds is 8. The van der Waals surface area contributed by atoms with Crippen molar-refractivity contribution >= 4 is 23.3 Å². The summed E-state index contributed by atoms with van der Waals surface area (Å²) in [6, 6.07) is 9.08. The lowest BCUT2D eigenvalue weighted by Crippen LogP contribution is -2.24. The first kappa shape index (κ1) is 17.2. The van der Waals surface area contributed by atoms with Crippen molar-refractivity contribution in [2.45, 2.75) is 32.7 Å². The number of aromatic nitrogens is 2. The van der Waals surface area contributed by atoms with Gasteiger partial charge in [-0.25, -0.2) is 9.97 Å². The van der Waals surface area contributed by atoms with Gasteiger partial charge in [0.25, 0.3) is 5.91 Å². The minimum atomic E-state index is -0.246.